The summed E-state index contributed by atoms with van der Waals surface area (Å²) in [6.07, 6.45) is 2.38. The van der Waals surface area contributed by atoms with Gasteiger partial charge in [-0.25, -0.2) is 4.39 Å². The van der Waals surface area contributed by atoms with Gasteiger partial charge in [-0.1, -0.05) is 12.1 Å². The fourth-order valence-electron chi connectivity index (χ4n) is 1.92. The summed E-state index contributed by atoms with van der Waals surface area (Å²) in [7, 11) is 0. The van der Waals surface area contributed by atoms with E-state index in [1.54, 1.807) is 30.6 Å². The molecule has 118 valence electrons. The minimum atomic E-state index is -0.898. The van der Waals surface area contributed by atoms with Crippen LogP contribution in [0.25, 0.3) is 11.4 Å². The monoisotopic (exact) mass is 315 g/mol. The largest absolute Gasteiger partial charge is 0.488 e. The Balaban J connectivity index is 1.57. The highest BCUT2D eigenvalue weighted by Crippen LogP contribution is 2.15. The summed E-state index contributed by atoms with van der Waals surface area (Å²) in [5.74, 6) is 0.0342. The average Bonchev–Trinajstić information content (AvgIpc) is 3.03. The second-order valence-electron chi connectivity index (χ2n) is 4.80. The Morgan fingerprint density at radius 3 is 2.87 bits per heavy atom. The SMILES string of the molecule is O[C@@H](COc1ccccc1F)Cn1nnc(-c2cccnc2)n1. The molecule has 7 nitrogen and oxygen atoms in total. The first kappa shape index (κ1) is 15.0. The predicted octanol–water partition coefficient (Wildman–Crippen LogP) is 1.31. The Kier molecular flexibility index (Phi) is 4.53. The first-order valence-electron chi connectivity index (χ1n) is 6.96. The molecule has 0 amide bonds. The van der Waals surface area contributed by atoms with E-state index in [9.17, 15) is 9.50 Å². The summed E-state index contributed by atoms with van der Waals surface area (Å²) in [6.45, 7) is 0.00636. The molecule has 0 saturated carbocycles. The van der Waals surface area contributed by atoms with E-state index in [2.05, 4.69) is 20.4 Å². The molecule has 0 unspecified atom stereocenters. The zero-order chi connectivity index (χ0) is 16.1. The number of nitrogens with zero attached hydrogens (tertiary/aromatic N) is 5. The maximum atomic E-state index is 13.4. The van der Waals surface area contributed by atoms with Gasteiger partial charge in [0, 0.05) is 18.0 Å². The molecule has 3 rings (SSSR count). The van der Waals surface area contributed by atoms with Crippen LogP contribution in [0.2, 0.25) is 0 Å². The van der Waals surface area contributed by atoms with Gasteiger partial charge in [0.2, 0.25) is 5.82 Å². The lowest BCUT2D eigenvalue weighted by Crippen LogP contribution is -2.25. The average molecular weight is 315 g/mol. The number of benzene rings is 1. The summed E-state index contributed by atoms with van der Waals surface area (Å²) in [6, 6.07) is 9.60. The van der Waals surface area contributed by atoms with Crippen LogP contribution in [-0.4, -0.2) is 43.0 Å². The predicted molar refractivity (Wildman–Crippen MR) is 78.9 cm³/mol. The van der Waals surface area contributed by atoms with Crippen LogP contribution in [0.3, 0.4) is 0 Å². The van der Waals surface area contributed by atoms with Crippen LogP contribution in [-0.2, 0) is 6.54 Å². The molecule has 0 fully saturated rings. The van der Waals surface area contributed by atoms with Crippen LogP contribution in [0.4, 0.5) is 4.39 Å². The molecule has 0 spiro atoms. The number of tetrazole rings is 1. The number of aliphatic hydroxyl groups excluding tert-OH is 1. The third-order valence-corrected chi connectivity index (χ3v) is 3.01. The van der Waals surface area contributed by atoms with Crippen molar-refractivity contribution in [3.8, 4) is 17.1 Å². The third kappa shape index (κ3) is 3.86. The topological polar surface area (TPSA) is 86.0 Å². The summed E-state index contributed by atoms with van der Waals surface area (Å²) in [5, 5.41) is 21.9. The minimum Gasteiger partial charge on any atom is -0.488 e. The molecule has 1 N–H and O–H groups in total. The summed E-state index contributed by atoms with van der Waals surface area (Å²) >= 11 is 0. The molecular formula is C15H14FN5O2. The maximum Gasteiger partial charge on any atom is 0.206 e. The van der Waals surface area contributed by atoms with Gasteiger partial charge in [-0.15, -0.1) is 10.2 Å². The van der Waals surface area contributed by atoms with E-state index in [-0.39, 0.29) is 18.9 Å². The molecule has 0 bridgehead atoms. The fourth-order valence-corrected chi connectivity index (χ4v) is 1.92. The minimum absolute atomic E-state index is 0.0787. The Labute approximate surface area is 131 Å². The maximum absolute atomic E-state index is 13.4. The molecule has 1 aromatic carbocycles. The quantitative estimate of drug-likeness (QED) is 0.738. The van der Waals surface area contributed by atoms with Crippen molar-refractivity contribution in [1.29, 1.82) is 0 Å². The van der Waals surface area contributed by atoms with E-state index in [0.29, 0.717) is 5.82 Å². The van der Waals surface area contributed by atoms with Gasteiger partial charge < -0.3 is 9.84 Å². The van der Waals surface area contributed by atoms with E-state index >= 15 is 0 Å². The highest BCUT2D eigenvalue weighted by atomic mass is 19.1. The highest BCUT2D eigenvalue weighted by Gasteiger charge is 2.12. The number of para-hydroxylation sites is 1. The van der Waals surface area contributed by atoms with Crippen LogP contribution in [0.5, 0.6) is 5.75 Å². The molecule has 2 aromatic heterocycles. The van der Waals surface area contributed by atoms with E-state index in [0.717, 1.165) is 5.56 Å². The second kappa shape index (κ2) is 6.93. The molecule has 0 aliphatic rings. The zero-order valence-electron chi connectivity index (χ0n) is 12.1. The smallest absolute Gasteiger partial charge is 0.206 e. The Hall–Kier alpha value is -2.87. The Morgan fingerprint density at radius 2 is 2.09 bits per heavy atom. The van der Waals surface area contributed by atoms with Crippen LogP contribution in [0.1, 0.15) is 0 Å². The summed E-state index contributed by atoms with van der Waals surface area (Å²) in [5.41, 5.74) is 0.732. The lowest BCUT2D eigenvalue weighted by molar-refractivity contribution is 0.0831. The first-order valence-corrected chi connectivity index (χ1v) is 6.96. The number of hydrogen-bond acceptors (Lipinski definition) is 6. The van der Waals surface area contributed by atoms with E-state index < -0.39 is 11.9 Å². The van der Waals surface area contributed by atoms with Gasteiger partial charge in [0.15, 0.2) is 11.6 Å². The molecule has 1 atom stereocenters. The van der Waals surface area contributed by atoms with Gasteiger partial charge >= 0.3 is 0 Å². The van der Waals surface area contributed by atoms with Gasteiger partial charge in [-0.05, 0) is 29.5 Å². The van der Waals surface area contributed by atoms with Crippen molar-refractivity contribution in [2.75, 3.05) is 6.61 Å². The van der Waals surface area contributed by atoms with Crippen LogP contribution < -0.4 is 4.74 Å². The van der Waals surface area contributed by atoms with Crippen molar-refractivity contribution in [3.63, 3.8) is 0 Å². The number of rotatable bonds is 6. The van der Waals surface area contributed by atoms with Crippen molar-refractivity contribution < 1.29 is 14.2 Å². The molecule has 0 aliphatic carbocycles. The Morgan fingerprint density at radius 1 is 1.22 bits per heavy atom. The molecular weight excluding hydrogens is 301 g/mol. The fraction of sp³-hybridized carbons (Fsp3) is 0.200. The van der Waals surface area contributed by atoms with Gasteiger partial charge in [0.05, 0.1) is 6.54 Å². The molecule has 23 heavy (non-hydrogen) atoms. The highest BCUT2D eigenvalue weighted by molar-refractivity contribution is 5.51. The molecule has 0 saturated heterocycles. The van der Waals surface area contributed by atoms with Gasteiger partial charge in [0.1, 0.15) is 12.7 Å². The zero-order valence-corrected chi connectivity index (χ0v) is 12.1. The second-order valence-corrected chi connectivity index (χ2v) is 4.80. The molecule has 0 radical (unpaired) electrons. The van der Waals surface area contributed by atoms with Crippen molar-refractivity contribution in [1.82, 2.24) is 25.2 Å². The van der Waals surface area contributed by atoms with Crippen molar-refractivity contribution >= 4 is 0 Å². The van der Waals surface area contributed by atoms with Crippen molar-refractivity contribution in [2.24, 2.45) is 0 Å². The number of hydrogen-bond donors (Lipinski definition) is 1. The third-order valence-electron chi connectivity index (χ3n) is 3.01. The number of pyridine rings is 1. The summed E-state index contributed by atoms with van der Waals surface area (Å²) < 4.78 is 18.6. The standard InChI is InChI=1S/C15H14FN5O2/c16-13-5-1-2-6-14(13)23-10-12(22)9-21-19-15(18-20-21)11-4-3-7-17-8-11/h1-8,12,22H,9-10H2/t12-/m1/s1. The van der Waals surface area contributed by atoms with Gasteiger partial charge in [-0.2, -0.15) is 4.80 Å². The summed E-state index contributed by atoms with van der Waals surface area (Å²) in [4.78, 5) is 5.24. The molecule has 2 heterocycles. The Bertz CT molecular complexity index is 765. The first-order chi connectivity index (χ1) is 11.2. The molecule has 3 aromatic rings. The van der Waals surface area contributed by atoms with Crippen molar-refractivity contribution in [3.05, 3.63) is 54.6 Å². The van der Waals surface area contributed by atoms with Crippen LogP contribution in [0, 0.1) is 5.82 Å². The molecule has 8 heteroatoms. The number of aromatic nitrogens is 5. The lowest BCUT2D eigenvalue weighted by Gasteiger charge is -2.11. The normalized spacial score (nSPS) is 12.1. The van der Waals surface area contributed by atoms with Crippen molar-refractivity contribution in [2.45, 2.75) is 12.6 Å². The van der Waals surface area contributed by atoms with E-state index in [1.165, 1.54) is 16.9 Å². The van der Waals surface area contributed by atoms with Gasteiger partial charge in [0.25, 0.3) is 0 Å². The number of ether oxygens (including phenoxy) is 1. The van der Waals surface area contributed by atoms with Crippen LogP contribution in [0.15, 0.2) is 48.8 Å². The number of aliphatic hydroxyl groups is 1. The van der Waals surface area contributed by atoms with E-state index in [1.807, 2.05) is 6.07 Å². The molecule has 0 aliphatic heterocycles. The van der Waals surface area contributed by atoms with E-state index in [4.69, 9.17) is 4.74 Å². The van der Waals surface area contributed by atoms with Crippen LogP contribution >= 0.6 is 0 Å². The van der Waals surface area contributed by atoms with Gasteiger partial charge in [-0.3, -0.25) is 4.98 Å². The lowest BCUT2D eigenvalue weighted by atomic mass is 10.3. The number of halogens is 1.